The Kier molecular flexibility index (Phi) is 5.52. The second-order valence-electron chi connectivity index (χ2n) is 6.89. The first-order chi connectivity index (χ1) is 15.0. The minimum atomic E-state index is -0.557. The Morgan fingerprint density at radius 1 is 1.10 bits per heavy atom. The summed E-state index contributed by atoms with van der Waals surface area (Å²) in [6, 6.07) is 19.6. The highest BCUT2D eigenvalue weighted by molar-refractivity contribution is 7.20. The van der Waals surface area contributed by atoms with Crippen molar-refractivity contribution in [3.05, 3.63) is 103 Å². The standard InChI is InChI=1S/C23H17N3O4S/c1-25-21-18(11-19(31-21)22(28)30-14-15-7-3-2-4-8-15)20(27)26(23(25)29)13-17-10-6-5-9-16(17)12-24/h2-11H,13-14H2,1H3. The van der Waals surface area contributed by atoms with Gasteiger partial charge in [-0.3, -0.25) is 13.9 Å². The number of ether oxygens (including phenoxy) is 1. The molecule has 0 bridgehead atoms. The van der Waals surface area contributed by atoms with Gasteiger partial charge < -0.3 is 4.74 Å². The van der Waals surface area contributed by atoms with Gasteiger partial charge in [-0.2, -0.15) is 5.26 Å². The number of carbonyl (C=O) groups excluding carboxylic acids is 1. The highest BCUT2D eigenvalue weighted by Crippen LogP contribution is 2.23. The van der Waals surface area contributed by atoms with Gasteiger partial charge in [0.1, 0.15) is 16.3 Å². The van der Waals surface area contributed by atoms with E-state index in [0.29, 0.717) is 16.0 Å². The lowest BCUT2D eigenvalue weighted by molar-refractivity contribution is 0.0478. The van der Waals surface area contributed by atoms with Crippen LogP contribution in [0, 0.1) is 11.3 Å². The van der Waals surface area contributed by atoms with Gasteiger partial charge in [0.2, 0.25) is 0 Å². The van der Waals surface area contributed by atoms with E-state index in [1.807, 2.05) is 30.3 Å². The van der Waals surface area contributed by atoms with E-state index in [0.717, 1.165) is 21.5 Å². The molecule has 7 nitrogen and oxygen atoms in total. The van der Waals surface area contributed by atoms with E-state index in [9.17, 15) is 19.6 Å². The Morgan fingerprint density at radius 2 is 1.81 bits per heavy atom. The Hall–Kier alpha value is -3.96. The summed E-state index contributed by atoms with van der Waals surface area (Å²) in [5, 5.41) is 9.55. The molecule has 0 radical (unpaired) electrons. The molecule has 154 valence electrons. The maximum absolute atomic E-state index is 13.0. The van der Waals surface area contributed by atoms with Gasteiger partial charge in [0, 0.05) is 7.05 Å². The van der Waals surface area contributed by atoms with Gasteiger partial charge in [0.15, 0.2) is 0 Å². The number of hydrogen-bond acceptors (Lipinski definition) is 6. The SMILES string of the molecule is Cn1c(=O)n(Cc2ccccc2C#N)c(=O)c2cc(C(=O)OCc3ccccc3)sc21. The lowest BCUT2D eigenvalue weighted by atomic mass is 10.1. The number of fused-ring (bicyclic) bond motifs is 1. The largest absolute Gasteiger partial charge is 0.457 e. The molecule has 2 heterocycles. The number of thiophene rings is 1. The summed E-state index contributed by atoms with van der Waals surface area (Å²) in [6.07, 6.45) is 0. The maximum atomic E-state index is 13.0. The molecule has 0 saturated heterocycles. The summed E-state index contributed by atoms with van der Waals surface area (Å²) in [6.45, 7) is 0.0802. The van der Waals surface area contributed by atoms with Crippen LogP contribution >= 0.6 is 11.3 Å². The predicted octanol–water partition coefficient (Wildman–Crippen LogP) is 3.04. The molecule has 0 atom stereocenters. The maximum Gasteiger partial charge on any atom is 0.348 e. The molecule has 0 unspecified atom stereocenters. The zero-order valence-electron chi connectivity index (χ0n) is 16.6. The minimum absolute atomic E-state index is 0.0329. The zero-order chi connectivity index (χ0) is 22.0. The fourth-order valence-corrected chi connectivity index (χ4v) is 4.25. The van der Waals surface area contributed by atoms with Crippen LogP contribution < -0.4 is 11.2 Å². The van der Waals surface area contributed by atoms with Crippen molar-refractivity contribution >= 4 is 27.5 Å². The topological polar surface area (TPSA) is 94.1 Å². The van der Waals surface area contributed by atoms with Gasteiger partial charge in [0.05, 0.1) is 23.6 Å². The molecule has 31 heavy (non-hydrogen) atoms. The third kappa shape index (κ3) is 3.91. The molecule has 0 aliphatic carbocycles. The van der Waals surface area contributed by atoms with Crippen molar-refractivity contribution in [1.82, 2.24) is 9.13 Å². The van der Waals surface area contributed by atoms with Crippen LogP contribution in [0.25, 0.3) is 10.2 Å². The number of nitriles is 1. The Bertz CT molecular complexity index is 1440. The van der Waals surface area contributed by atoms with E-state index in [1.165, 1.54) is 10.6 Å². The van der Waals surface area contributed by atoms with Crippen LogP contribution in [0.4, 0.5) is 0 Å². The van der Waals surface area contributed by atoms with Crippen LogP contribution in [0.3, 0.4) is 0 Å². The van der Waals surface area contributed by atoms with Gasteiger partial charge in [-0.15, -0.1) is 11.3 Å². The van der Waals surface area contributed by atoms with Gasteiger partial charge in [-0.05, 0) is 23.3 Å². The Labute approximate surface area is 181 Å². The Morgan fingerprint density at radius 3 is 2.55 bits per heavy atom. The van der Waals surface area contributed by atoms with Crippen molar-refractivity contribution in [2.24, 2.45) is 7.05 Å². The first-order valence-corrected chi connectivity index (χ1v) is 10.2. The van der Waals surface area contributed by atoms with Crippen LogP contribution in [0.1, 0.15) is 26.4 Å². The fourth-order valence-electron chi connectivity index (χ4n) is 3.26. The molecule has 0 saturated carbocycles. The molecule has 0 amide bonds. The average Bonchev–Trinajstić information content (AvgIpc) is 3.26. The van der Waals surface area contributed by atoms with E-state index in [-0.39, 0.29) is 23.4 Å². The van der Waals surface area contributed by atoms with E-state index >= 15 is 0 Å². The van der Waals surface area contributed by atoms with Crippen molar-refractivity contribution in [3.63, 3.8) is 0 Å². The van der Waals surface area contributed by atoms with Crippen molar-refractivity contribution in [3.8, 4) is 6.07 Å². The number of aryl methyl sites for hydroxylation is 1. The lowest BCUT2D eigenvalue weighted by Crippen LogP contribution is -2.39. The molecule has 0 spiro atoms. The molecular formula is C23H17N3O4S. The quantitative estimate of drug-likeness (QED) is 0.453. The number of hydrogen-bond donors (Lipinski definition) is 0. The third-order valence-electron chi connectivity index (χ3n) is 4.89. The Balaban J connectivity index is 1.70. The molecule has 4 aromatic rings. The first-order valence-electron chi connectivity index (χ1n) is 9.42. The molecule has 2 aromatic carbocycles. The van der Waals surface area contributed by atoms with E-state index in [1.54, 1.807) is 31.3 Å². The lowest BCUT2D eigenvalue weighted by Gasteiger charge is -2.09. The van der Waals surface area contributed by atoms with Crippen molar-refractivity contribution in [2.75, 3.05) is 0 Å². The van der Waals surface area contributed by atoms with Crippen molar-refractivity contribution in [1.29, 1.82) is 5.26 Å². The second kappa shape index (κ2) is 8.42. The van der Waals surface area contributed by atoms with Crippen molar-refractivity contribution in [2.45, 2.75) is 13.2 Å². The minimum Gasteiger partial charge on any atom is -0.457 e. The molecule has 0 fully saturated rings. The van der Waals surface area contributed by atoms with Crippen LogP contribution in [-0.4, -0.2) is 15.1 Å². The van der Waals surface area contributed by atoms with Crippen LogP contribution in [0.2, 0.25) is 0 Å². The summed E-state index contributed by atoms with van der Waals surface area (Å²) >= 11 is 1.04. The summed E-state index contributed by atoms with van der Waals surface area (Å²) in [7, 11) is 1.55. The number of nitrogens with zero attached hydrogens (tertiary/aromatic N) is 3. The third-order valence-corrected chi connectivity index (χ3v) is 6.08. The summed E-state index contributed by atoms with van der Waals surface area (Å²) in [5.41, 5.74) is 0.789. The average molecular weight is 431 g/mol. The van der Waals surface area contributed by atoms with Crippen LogP contribution in [0.15, 0.2) is 70.3 Å². The summed E-state index contributed by atoms with van der Waals surface area (Å²) in [5.74, 6) is -0.557. The van der Waals surface area contributed by atoms with Gasteiger partial charge in [-0.1, -0.05) is 48.5 Å². The van der Waals surface area contributed by atoms with Gasteiger partial charge >= 0.3 is 11.7 Å². The zero-order valence-corrected chi connectivity index (χ0v) is 17.4. The molecule has 4 rings (SSSR count). The molecular weight excluding hydrogens is 414 g/mol. The number of carbonyl (C=O) groups is 1. The number of rotatable bonds is 5. The summed E-state index contributed by atoms with van der Waals surface area (Å²) < 4.78 is 7.76. The van der Waals surface area contributed by atoms with E-state index in [2.05, 4.69) is 6.07 Å². The normalized spacial score (nSPS) is 10.7. The van der Waals surface area contributed by atoms with Crippen LogP contribution in [0.5, 0.6) is 0 Å². The molecule has 8 heteroatoms. The molecule has 0 aliphatic rings. The van der Waals surface area contributed by atoms with Gasteiger partial charge in [0.25, 0.3) is 5.56 Å². The van der Waals surface area contributed by atoms with E-state index in [4.69, 9.17) is 4.74 Å². The van der Waals surface area contributed by atoms with Gasteiger partial charge in [-0.25, -0.2) is 9.59 Å². The highest BCUT2D eigenvalue weighted by atomic mass is 32.1. The number of esters is 1. The fraction of sp³-hybridized carbons (Fsp3) is 0.130. The predicted molar refractivity (Wildman–Crippen MR) is 117 cm³/mol. The smallest absolute Gasteiger partial charge is 0.348 e. The second-order valence-corrected chi connectivity index (χ2v) is 7.92. The van der Waals surface area contributed by atoms with E-state index < -0.39 is 17.2 Å². The highest BCUT2D eigenvalue weighted by Gasteiger charge is 2.19. The van der Waals surface area contributed by atoms with Crippen LogP contribution in [-0.2, 0) is 24.9 Å². The molecule has 0 N–H and O–H groups in total. The first kappa shape index (κ1) is 20.3. The molecule has 0 aliphatic heterocycles. The van der Waals surface area contributed by atoms with Crippen molar-refractivity contribution < 1.29 is 9.53 Å². The number of aromatic nitrogens is 2. The number of benzene rings is 2. The monoisotopic (exact) mass is 431 g/mol. The molecule has 2 aromatic heterocycles. The summed E-state index contributed by atoms with van der Waals surface area (Å²) in [4.78, 5) is 39.0.